The first-order valence-corrected chi connectivity index (χ1v) is 5.79. The van der Waals surface area contributed by atoms with E-state index in [1.807, 2.05) is 6.92 Å². The molecule has 1 aromatic carbocycles. The van der Waals surface area contributed by atoms with E-state index in [-0.39, 0.29) is 5.95 Å². The zero-order chi connectivity index (χ0) is 13.1. The van der Waals surface area contributed by atoms with Crippen LogP contribution in [0.1, 0.15) is 5.56 Å². The van der Waals surface area contributed by atoms with Gasteiger partial charge in [0.25, 0.3) is 0 Å². The summed E-state index contributed by atoms with van der Waals surface area (Å²) in [5, 5.41) is 0.970. The maximum atomic E-state index is 6.00. The van der Waals surface area contributed by atoms with Crippen molar-refractivity contribution in [2.24, 2.45) is 5.84 Å². The highest BCUT2D eigenvalue weighted by Gasteiger charge is 2.09. The van der Waals surface area contributed by atoms with Crippen LogP contribution in [-0.4, -0.2) is 9.97 Å². The number of hydrogen-bond acceptors (Lipinski definition) is 5. The minimum absolute atomic E-state index is 0.258. The largest absolute Gasteiger partial charge is 0.437 e. The van der Waals surface area contributed by atoms with Crippen molar-refractivity contribution in [3.8, 4) is 11.6 Å². The molecule has 0 amide bonds. The van der Waals surface area contributed by atoms with Crippen molar-refractivity contribution in [1.29, 1.82) is 0 Å². The molecule has 18 heavy (non-hydrogen) atoms. The van der Waals surface area contributed by atoms with Crippen LogP contribution < -0.4 is 16.0 Å². The van der Waals surface area contributed by atoms with Gasteiger partial charge in [0.2, 0.25) is 11.8 Å². The highest BCUT2D eigenvalue weighted by atomic mass is 35.5. The molecule has 0 spiro atoms. The lowest BCUT2D eigenvalue weighted by Crippen LogP contribution is -2.11. The smallest absolute Gasteiger partial charge is 0.240 e. The Balaban J connectivity index is 2.36. The van der Waals surface area contributed by atoms with E-state index in [0.29, 0.717) is 21.7 Å². The van der Waals surface area contributed by atoms with E-state index in [0.717, 1.165) is 5.56 Å². The summed E-state index contributed by atoms with van der Waals surface area (Å²) in [4.78, 5) is 8.04. The predicted octanol–water partition coefficient (Wildman–Crippen LogP) is 3.17. The molecule has 2 aromatic rings. The number of ether oxygens (including phenoxy) is 1. The summed E-state index contributed by atoms with van der Waals surface area (Å²) in [6, 6.07) is 4.94. The zero-order valence-electron chi connectivity index (χ0n) is 9.45. The van der Waals surface area contributed by atoms with Crippen molar-refractivity contribution in [2.45, 2.75) is 6.92 Å². The van der Waals surface area contributed by atoms with Gasteiger partial charge in [-0.25, -0.2) is 10.8 Å². The fraction of sp³-hybridized carbons (Fsp3) is 0.0909. The topological polar surface area (TPSA) is 73.1 Å². The van der Waals surface area contributed by atoms with Crippen molar-refractivity contribution in [2.75, 3.05) is 5.43 Å². The minimum atomic E-state index is 0.258. The molecule has 0 fully saturated rings. The third-order valence-electron chi connectivity index (χ3n) is 2.15. The molecule has 0 atom stereocenters. The Morgan fingerprint density at radius 3 is 2.83 bits per heavy atom. The van der Waals surface area contributed by atoms with Gasteiger partial charge >= 0.3 is 0 Å². The van der Waals surface area contributed by atoms with Crippen molar-refractivity contribution >= 4 is 29.2 Å². The van der Waals surface area contributed by atoms with Crippen LogP contribution in [0.25, 0.3) is 0 Å². The second kappa shape index (κ2) is 5.39. The fourth-order valence-electron chi connectivity index (χ4n) is 1.26. The van der Waals surface area contributed by atoms with E-state index in [4.69, 9.17) is 33.8 Å². The summed E-state index contributed by atoms with van der Waals surface area (Å²) >= 11 is 11.9. The molecule has 0 radical (unpaired) electrons. The third-order valence-corrected chi connectivity index (χ3v) is 2.70. The minimum Gasteiger partial charge on any atom is -0.437 e. The fourth-order valence-corrected chi connectivity index (χ4v) is 1.58. The molecular formula is C11H10Cl2N4O. The molecule has 0 aliphatic carbocycles. The van der Waals surface area contributed by atoms with Crippen LogP contribution in [0.2, 0.25) is 10.0 Å². The van der Waals surface area contributed by atoms with Gasteiger partial charge in [-0.05, 0) is 19.1 Å². The second-order valence-electron chi connectivity index (χ2n) is 3.50. The van der Waals surface area contributed by atoms with Gasteiger partial charge in [-0.15, -0.1) is 0 Å². The maximum Gasteiger partial charge on any atom is 0.240 e. The van der Waals surface area contributed by atoms with E-state index >= 15 is 0 Å². The molecule has 0 saturated heterocycles. The molecule has 3 N–H and O–H groups in total. The number of hydrazine groups is 1. The number of nitrogens with zero attached hydrogens (tertiary/aromatic N) is 2. The van der Waals surface area contributed by atoms with Crippen LogP contribution in [0.5, 0.6) is 11.6 Å². The Kier molecular flexibility index (Phi) is 3.86. The van der Waals surface area contributed by atoms with Gasteiger partial charge in [0, 0.05) is 22.8 Å². The van der Waals surface area contributed by atoms with Crippen molar-refractivity contribution in [1.82, 2.24) is 9.97 Å². The first-order valence-electron chi connectivity index (χ1n) is 5.03. The predicted molar refractivity (Wildman–Crippen MR) is 71.1 cm³/mol. The van der Waals surface area contributed by atoms with E-state index in [2.05, 4.69) is 15.4 Å². The molecular weight excluding hydrogens is 275 g/mol. The Bertz CT molecular complexity index is 577. The molecule has 7 heteroatoms. The van der Waals surface area contributed by atoms with E-state index < -0.39 is 0 Å². The lowest BCUT2D eigenvalue weighted by atomic mass is 10.3. The molecule has 2 rings (SSSR count). The van der Waals surface area contributed by atoms with Crippen LogP contribution in [0, 0.1) is 6.92 Å². The number of nitrogen functional groups attached to an aromatic ring is 1. The highest BCUT2D eigenvalue weighted by molar-refractivity contribution is 6.34. The van der Waals surface area contributed by atoms with Gasteiger partial charge in [0.15, 0.2) is 0 Å². The standard InChI is InChI=1S/C11H10Cl2N4O/c1-6-5-15-11(17-14)16-10(6)18-9-4-7(12)2-3-8(9)13/h2-5H,14H2,1H3,(H,15,16,17). The Morgan fingerprint density at radius 2 is 2.11 bits per heavy atom. The number of nitrogens with one attached hydrogen (secondary N) is 1. The number of anilines is 1. The Labute approximate surface area is 114 Å². The number of rotatable bonds is 3. The summed E-state index contributed by atoms with van der Waals surface area (Å²) < 4.78 is 5.60. The second-order valence-corrected chi connectivity index (χ2v) is 4.35. The van der Waals surface area contributed by atoms with Gasteiger partial charge in [-0.1, -0.05) is 23.2 Å². The molecule has 0 aliphatic rings. The third kappa shape index (κ3) is 2.81. The monoisotopic (exact) mass is 284 g/mol. The Hall–Kier alpha value is -1.56. The van der Waals surface area contributed by atoms with Crippen LogP contribution >= 0.6 is 23.2 Å². The van der Waals surface area contributed by atoms with Crippen LogP contribution in [-0.2, 0) is 0 Å². The van der Waals surface area contributed by atoms with Crippen LogP contribution in [0.3, 0.4) is 0 Å². The molecule has 0 bridgehead atoms. The highest BCUT2D eigenvalue weighted by Crippen LogP contribution is 2.32. The average Bonchev–Trinajstić information content (AvgIpc) is 2.36. The van der Waals surface area contributed by atoms with Gasteiger partial charge in [-0.3, -0.25) is 5.43 Å². The molecule has 0 aliphatic heterocycles. The normalized spacial score (nSPS) is 10.2. The summed E-state index contributed by atoms with van der Waals surface area (Å²) in [5.74, 6) is 6.28. The molecule has 94 valence electrons. The average molecular weight is 285 g/mol. The quantitative estimate of drug-likeness (QED) is 0.669. The summed E-state index contributed by atoms with van der Waals surface area (Å²) in [5.41, 5.74) is 3.10. The number of aryl methyl sites for hydroxylation is 1. The number of hydrogen-bond donors (Lipinski definition) is 2. The molecule has 1 aromatic heterocycles. The Morgan fingerprint density at radius 1 is 1.33 bits per heavy atom. The van der Waals surface area contributed by atoms with Gasteiger partial charge in [0.1, 0.15) is 5.75 Å². The first-order chi connectivity index (χ1) is 8.60. The maximum absolute atomic E-state index is 6.00. The first kappa shape index (κ1) is 12.9. The lowest BCUT2D eigenvalue weighted by Gasteiger charge is -2.10. The zero-order valence-corrected chi connectivity index (χ0v) is 11.0. The number of benzene rings is 1. The molecule has 5 nitrogen and oxygen atoms in total. The van der Waals surface area contributed by atoms with E-state index in [1.54, 1.807) is 24.4 Å². The number of aromatic nitrogens is 2. The van der Waals surface area contributed by atoms with E-state index in [9.17, 15) is 0 Å². The van der Waals surface area contributed by atoms with Crippen molar-refractivity contribution in [3.05, 3.63) is 40.0 Å². The summed E-state index contributed by atoms with van der Waals surface area (Å²) in [6.07, 6.45) is 1.59. The van der Waals surface area contributed by atoms with Crippen molar-refractivity contribution < 1.29 is 4.74 Å². The van der Waals surface area contributed by atoms with Gasteiger partial charge < -0.3 is 4.74 Å². The number of nitrogens with two attached hydrogens (primary N) is 1. The SMILES string of the molecule is Cc1cnc(NN)nc1Oc1cc(Cl)ccc1Cl. The summed E-state index contributed by atoms with van der Waals surface area (Å²) in [6.45, 7) is 1.81. The van der Waals surface area contributed by atoms with Crippen LogP contribution in [0.4, 0.5) is 5.95 Å². The molecule has 0 unspecified atom stereocenters. The summed E-state index contributed by atoms with van der Waals surface area (Å²) in [7, 11) is 0. The van der Waals surface area contributed by atoms with Gasteiger partial charge in [-0.2, -0.15) is 4.98 Å². The molecule has 0 saturated carbocycles. The van der Waals surface area contributed by atoms with Crippen molar-refractivity contribution in [3.63, 3.8) is 0 Å². The van der Waals surface area contributed by atoms with E-state index in [1.165, 1.54) is 0 Å². The number of halogens is 2. The molecule has 1 heterocycles. The lowest BCUT2D eigenvalue weighted by molar-refractivity contribution is 0.458. The van der Waals surface area contributed by atoms with Crippen LogP contribution in [0.15, 0.2) is 24.4 Å². The van der Waals surface area contributed by atoms with Gasteiger partial charge in [0.05, 0.1) is 5.02 Å².